The summed E-state index contributed by atoms with van der Waals surface area (Å²) < 4.78 is 11.2. The highest BCUT2D eigenvalue weighted by molar-refractivity contribution is 6.03. The van der Waals surface area contributed by atoms with Crippen molar-refractivity contribution in [1.82, 2.24) is 4.90 Å². The topological polar surface area (TPSA) is 71.4 Å². The average Bonchev–Trinajstić information content (AvgIpc) is 2.71. The second-order valence-corrected chi connectivity index (χ2v) is 6.71. The number of carbonyl (C=O) groups is 1. The molecule has 2 unspecified atom stereocenters. The molecule has 0 aromatic heterocycles. The molecule has 6 heteroatoms. The lowest BCUT2D eigenvalue weighted by molar-refractivity contribution is -0.139. The van der Waals surface area contributed by atoms with Crippen LogP contribution in [0.3, 0.4) is 0 Å². The number of benzene rings is 2. The number of amides is 1. The molecule has 4 rings (SSSR count). The highest BCUT2D eigenvalue weighted by Gasteiger charge is 2.36. The van der Waals surface area contributed by atoms with E-state index in [-0.39, 0.29) is 5.91 Å². The lowest BCUT2D eigenvalue weighted by Crippen LogP contribution is -2.47. The fourth-order valence-corrected chi connectivity index (χ4v) is 3.47. The number of nitrogens with zero attached hydrogens (tertiary/aromatic N) is 2. The molecule has 1 amide bonds. The van der Waals surface area contributed by atoms with E-state index in [1.54, 1.807) is 4.90 Å². The first-order chi connectivity index (χ1) is 13.1. The third-order valence-corrected chi connectivity index (χ3v) is 4.92. The molecule has 0 aliphatic carbocycles. The summed E-state index contributed by atoms with van der Waals surface area (Å²) in [4.78, 5) is 19.0. The van der Waals surface area contributed by atoms with Crippen LogP contribution in [0.1, 0.15) is 24.2 Å². The largest absolute Gasteiger partial charge is 0.457 e. The summed E-state index contributed by atoms with van der Waals surface area (Å²) in [5.74, 6) is 1.25. The van der Waals surface area contributed by atoms with Crippen molar-refractivity contribution < 1.29 is 19.4 Å². The van der Waals surface area contributed by atoms with Crippen molar-refractivity contribution in [2.45, 2.75) is 19.1 Å². The molecule has 1 fully saturated rings. The van der Waals surface area contributed by atoms with Crippen molar-refractivity contribution >= 4 is 11.6 Å². The van der Waals surface area contributed by atoms with Crippen LogP contribution in [0.25, 0.3) is 0 Å². The van der Waals surface area contributed by atoms with Gasteiger partial charge in [-0.1, -0.05) is 24.3 Å². The lowest BCUT2D eigenvalue weighted by atomic mass is 9.90. The van der Waals surface area contributed by atoms with Gasteiger partial charge in [0.25, 0.3) is 5.91 Å². The third kappa shape index (κ3) is 3.59. The molecule has 140 valence electrons. The van der Waals surface area contributed by atoms with Gasteiger partial charge >= 0.3 is 0 Å². The highest BCUT2D eigenvalue weighted by atomic mass is 16.5. The van der Waals surface area contributed by atoms with Gasteiger partial charge in [-0.2, -0.15) is 0 Å². The van der Waals surface area contributed by atoms with Gasteiger partial charge in [0.2, 0.25) is 0 Å². The van der Waals surface area contributed by atoms with Crippen molar-refractivity contribution in [3.8, 4) is 11.5 Å². The summed E-state index contributed by atoms with van der Waals surface area (Å²) in [7, 11) is 0. The van der Waals surface area contributed by atoms with E-state index in [0.29, 0.717) is 37.6 Å². The molecular weight excluding hydrogens is 344 g/mol. The number of aliphatic hydroxyl groups is 1. The van der Waals surface area contributed by atoms with Crippen LogP contribution in [0.2, 0.25) is 0 Å². The minimum atomic E-state index is -0.968. The molecule has 2 aromatic rings. The zero-order valence-electron chi connectivity index (χ0n) is 15.2. The van der Waals surface area contributed by atoms with Crippen LogP contribution in [-0.2, 0) is 9.53 Å². The number of morpholine rings is 1. The Balaban J connectivity index is 1.58. The maximum Gasteiger partial charge on any atom is 0.250 e. The molecule has 1 N–H and O–H groups in total. The Morgan fingerprint density at radius 3 is 2.63 bits per heavy atom. The van der Waals surface area contributed by atoms with Crippen molar-refractivity contribution in [2.24, 2.45) is 4.99 Å². The summed E-state index contributed by atoms with van der Waals surface area (Å²) in [6, 6.07) is 14.2. The van der Waals surface area contributed by atoms with Crippen molar-refractivity contribution in [3.05, 3.63) is 59.7 Å². The lowest BCUT2D eigenvalue weighted by Gasteiger charge is -2.33. The Kier molecular flexibility index (Phi) is 4.92. The van der Waals surface area contributed by atoms with E-state index in [2.05, 4.69) is 4.99 Å². The van der Waals surface area contributed by atoms with E-state index in [1.807, 2.05) is 55.5 Å². The number of aliphatic hydroxyl groups excluding tert-OH is 1. The Bertz CT molecular complexity index is 860. The maximum atomic E-state index is 12.8. The van der Waals surface area contributed by atoms with Gasteiger partial charge in [-0.05, 0) is 36.8 Å². The number of carbonyl (C=O) groups excluding carboxylic acids is 1. The highest BCUT2D eigenvalue weighted by Crippen LogP contribution is 2.33. The van der Waals surface area contributed by atoms with Crippen LogP contribution in [0.5, 0.6) is 11.5 Å². The zero-order chi connectivity index (χ0) is 18.8. The Morgan fingerprint density at radius 2 is 1.89 bits per heavy atom. The van der Waals surface area contributed by atoms with Gasteiger partial charge in [0.15, 0.2) is 6.04 Å². The Hall–Kier alpha value is -2.70. The van der Waals surface area contributed by atoms with Gasteiger partial charge in [0.1, 0.15) is 17.6 Å². The molecule has 2 aliphatic heterocycles. The second-order valence-electron chi connectivity index (χ2n) is 6.71. The SMILES string of the molecule is CC1=NC(C(=O)N2CCOCC2)C(O)c2ccc(Oc3ccccc3)cc21. The first kappa shape index (κ1) is 17.7. The number of fused-ring (bicyclic) bond motifs is 1. The maximum absolute atomic E-state index is 12.8. The second kappa shape index (κ2) is 7.50. The summed E-state index contributed by atoms with van der Waals surface area (Å²) in [5.41, 5.74) is 2.23. The van der Waals surface area contributed by atoms with Gasteiger partial charge < -0.3 is 19.5 Å². The van der Waals surface area contributed by atoms with Crippen LogP contribution in [0.15, 0.2) is 53.5 Å². The van der Waals surface area contributed by atoms with Gasteiger partial charge in [0.05, 0.1) is 13.2 Å². The average molecular weight is 366 g/mol. The fourth-order valence-electron chi connectivity index (χ4n) is 3.47. The van der Waals surface area contributed by atoms with Crippen molar-refractivity contribution in [3.63, 3.8) is 0 Å². The summed E-state index contributed by atoms with van der Waals surface area (Å²) in [6.45, 7) is 3.97. The molecule has 2 aromatic carbocycles. The van der Waals surface area contributed by atoms with Crippen LogP contribution in [0, 0.1) is 0 Å². The molecule has 2 aliphatic rings. The van der Waals surface area contributed by atoms with E-state index in [1.165, 1.54) is 0 Å². The Labute approximate surface area is 158 Å². The number of rotatable bonds is 3. The van der Waals surface area contributed by atoms with Gasteiger partial charge in [-0.3, -0.25) is 9.79 Å². The molecule has 2 heterocycles. The molecule has 0 saturated carbocycles. The summed E-state index contributed by atoms with van der Waals surface area (Å²) in [5, 5.41) is 10.8. The molecule has 2 atom stereocenters. The van der Waals surface area contributed by atoms with Gasteiger partial charge in [-0.15, -0.1) is 0 Å². The normalized spacial score (nSPS) is 22.0. The van der Waals surface area contributed by atoms with Crippen LogP contribution < -0.4 is 4.74 Å². The van der Waals surface area contributed by atoms with Crippen molar-refractivity contribution in [1.29, 1.82) is 0 Å². The zero-order valence-corrected chi connectivity index (χ0v) is 15.2. The molecule has 0 spiro atoms. The number of para-hydroxylation sites is 1. The van der Waals surface area contributed by atoms with E-state index >= 15 is 0 Å². The summed E-state index contributed by atoms with van der Waals surface area (Å²) >= 11 is 0. The fraction of sp³-hybridized carbons (Fsp3) is 0.333. The van der Waals surface area contributed by atoms with Gasteiger partial charge in [-0.25, -0.2) is 0 Å². The van der Waals surface area contributed by atoms with Crippen LogP contribution in [-0.4, -0.2) is 54.0 Å². The smallest absolute Gasteiger partial charge is 0.250 e. The first-order valence-electron chi connectivity index (χ1n) is 9.10. The molecule has 0 bridgehead atoms. The number of aliphatic imine (C=N–C) groups is 1. The molecule has 27 heavy (non-hydrogen) atoms. The minimum absolute atomic E-state index is 0.152. The molecule has 6 nitrogen and oxygen atoms in total. The quantitative estimate of drug-likeness (QED) is 0.906. The number of hydrogen-bond donors (Lipinski definition) is 1. The number of hydrogen-bond acceptors (Lipinski definition) is 5. The third-order valence-electron chi connectivity index (χ3n) is 4.92. The predicted octanol–water partition coefficient (Wildman–Crippen LogP) is 2.56. The first-order valence-corrected chi connectivity index (χ1v) is 9.10. The van der Waals surface area contributed by atoms with Gasteiger partial charge in [0, 0.05) is 24.4 Å². The van der Waals surface area contributed by atoms with E-state index in [0.717, 1.165) is 17.0 Å². The number of ether oxygens (including phenoxy) is 2. The van der Waals surface area contributed by atoms with E-state index < -0.39 is 12.1 Å². The molecule has 1 saturated heterocycles. The summed E-state index contributed by atoms with van der Waals surface area (Å²) in [6.07, 6.45) is -0.968. The predicted molar refractivity (Wildman–Crippen MR) is 101 cm³/mol. The van der Waals surface area contributed by atoms with E-state index in [9.17, 15) is 9.90 Å². The Morgan fingerprint density at radius 1 is 1.15 bits per heavy atom. The molecule has 0 radical (unpaired) electrons. The minimum Gasteiger partial charge on any atom is -0.457 e. The van der Waals surface area contributed by atoms with Crippen LogP contribution in [0.4, 0.5) is 0 Å². The monoisotopic (exact) mass is 366 g/mol. The van der Waals surface area contributed by atoms with E-state index in [4.69, 9.17) is 9.47 Å². The van der Waals surface area contributed by atoms with Crippen molar-refractivity contribution in [2.75, 3.05) is 26.3 Å². The molecular formula is C21H22N2O4. The standard InChI is InChI=1S/C21H22N2O4/c1-14-18-13-16(27-15-5-3-2-4-6-15)7-8-17(18)20(24)19(22-14)21(25)23-9-11-26-12-10-23/h2-8,13,19-20,24H,9-12H2,1H3. The van der Waals surface area contributed by atoms with Crippen LogP contribution >= 0.6 is 0 Å².